The molecule has 7 heteroatoms. The predicted octanol–water partition coefficient (Wildman–Crippen LogP) is -0.0253. The van der Waals surface area contributed by atoms with Crippen LogP contribution in [-0.4, -0.2) is 38.3 Å². The van der Waals surface area contributed by atoms with Gasteiger partial charge in [0.15, 0.2) is 5.82 Å². The van der Waals surface area contributed by atoms with E-state index in [4.69, 9.17) is 5.11 Å². The summed E-state index contributed by atoms with van der Waals surface area (Å²) in [5.74, 6) is -1.30. The summed E-state index contributed by atoms with van der Waals surface area (Å²) in [5.41, 5.74) is 0. The Balaban J connectivity index is 1.79. The summed E-state index contributed by atoms with van der Waals surface area (Å²) in [6.07, 6.45) is 4.21. The van der Waals surface area contributed by atoms with Crippen LogP contribution in [0.4, 0.5) is 0 Å². The van der Waals surface area contributed by atoms with E-state index in [1.165, 1.54) is 0 Å². The van der Waals surface area contributed by atoms with Crippen LogP contribution < -0.4 is 5.32 Å². The van der Waals surface area contributed by atoms with Crippen molar-refractivity contribution in [1.29, 1.82) is 0 Å². The molecule has 1 aromatic heterocycles. The lowest BCUT2D eigenvalue weighted by atomic mass is 9.95. The highest BCUT2D eigenvalue weighted by molar-refractivity contribution is 5.85. The number of amides is 1. The maximum absolute atomic E-state index is 11.9. The number of carbonyl (C=O) groups is 2. The van der Waals surface area contributed by atoms with Crippen molar-refractivity contribution in [3.05, 3.63) is 12.2 Å². The quantitative estimate of drug-likeness (QED) is 0.780. The lowest BCUT2D eigenvalue weighted by molar-refractivity contribution is -0.146. The van der Waals surface area contributed by atoms with Gasteiger partial charge >= 0.3 is 5.97 Å². The van der Waals surface area contributed by atoms with Gasteiger partial charge in [-0.05, 0) is 12.8 Å². The maximum Gasteiger partial charge on any atom is 0.307 e. The molecule has 7 nitrogen and oxygen atoms in total. The summed E-state index contributed by atoms with van der Waals surface area (Å²) >= 11 is 0. The summed E-state index contributed by atoms with van der Waals surface area (Å²) in [7, 11) is 1.78. The minimum atomic E-state index is -0.871. The number of aryl methyl sites for hydroxylation is 1. The van der Waals surface area contributed by atoms with Crippen LogP contribution in [-0.2, 0) is 23.1 Å². The van der Waals surface area contributed by atoms with Crippen molar-refractivity contribution in [2.24, 2.45) is 18.9 Å². The van der Waals surface area contributed by atoms with Crippen molar-refractivity contribution in [1.82, 2.24) is 20.1 Å². The first kappa shape index (κ1) is 13.5. The zero-order valence-electron chi connectivity index (χ0n) is 10.9. The molecule has 1 fully saturated rings. The van der Waals surface area contributed by atoms with Crippen LogP contribution in [0.15, 0.2) is 6.33 Å². The molecular weight excluding hydrogens is 248 g/mol. The summed E-state index contributed by atoms with van der Waals surface area (Å²) < 4.78 is 1.61. The van der Waals surface area contributed by atoms with Gasteiger partial charge in [-0.15, -0.1) is 0 Å². The molecule has 1 aliphatic rings. The Morgan fingerprint density at radius 1 is 1.47 bits per heavy atom. The minimum absolute atomic E-state index is 0.166. The molecule has 0 saturated heterocycles. The second kappa shape index (κ2) is 5.81. The third-order valence-electron chi connectivity index (χ3n) is 3.46. The molecule has 0 bridgehead atoms. The number of carboxylic acid groups (broad SMARTS) is 1. The Morgan fingerprint density at radius 2 is 2.21 bits per heavy atom. The second-order valence-electron chi connectivity index (χ2n) is 4.86. The van der Waals surface area contributed by atoms with E-state index < -0.39 is 17.8 Å². The fraction of sp³-hybridized carbons (Fsp3) is 0.667. The Labute approximate surface area is 111 Å². The highest BCUT2D eigenvalue weighted by atomic mass is 16.4. The fourth-order valence-electron chi connectivity index (χ4n) is 2.50. The van der Waals surface area contributed by atoms with Crippen molar-refractivity contribution in [2.45, 2.75) is 25.7 Å². The number of aromatic nitrogens is 3. The Morgan fingerprint density at radius 3 is 2.84 bits per heavy atom. The molecule has 1 aromatic rings. The minimum Gasteiger partial charge on any atom is -0.481 e. The second-order valence-corrected chi connectivity index (χ2v) is 4.86. The highest BCUT2D eigenvalue weighted by Crippen LogP contribution is 2.31. The van der Waals surface area contributed by atoms with Crippen LogP contribution in [0.1, 0.15) is 25.1 Å². The molecule has 104 valence electrons. The lowest BCUT2D eigenvalue weighted by Gasteiger charge is -2.15. The third-order valence-corrected chi connectivity index (χ3v) is 3.46. The molecule has 0 radical (unpaired) electrons. The van der Waals surface area contributed by atoms with Crippen LogP contribution in [0.25, 0.3) is 0 Å². The average molecular weight is 266 g/mol. The van der Waals surface area contributed by atoms with E-state index in [1.807, 2.05) is 0 Å². The van der Waals surface area contributed by atoms with E-state index in [0.717, 1.165) is 6.42 Å². The third kappa shape index (κ3) is 3.30. The molecule has 1 aliphatic carbocycles. The van der Waals surface area contributed by atoms with E-state index in [0.29, 0.717) is 31.6 Å². The van der Waals surface area contributed by atoms with Crippen molar-refractivity contribution in [3.63, 3.8) is 0 Å². The number of nitrogens with one attached hydrogen (secondary N) is 1. The molecule has 1 heterocycles. The van der Waals surface area contributed by atoms with Gasteiger partial charge in [0, 0.05) is 20.0 Å². The number of nitrogens with zero attached hydrogens (tertiary/aromatic N) is 3. The predicted molar refractivity (Wildman–Crippen MR) is 66.2 cm³/mol. The van der Waals surface area contributed by atoms with Crippen LogP contribution >= 0.6 is 0 Å². The molecule has 0 unspecified atom stereocenters. The van der Waals surface area contributed by atoms with Crippen molar-refractivity contribution >= 4 is 11.9 Å². The van der Waals surface area contributed by atoms with Crippen LogP contribution in [0.3, 0.4) is 0 Å². The number of rotatable bonds is 5. The largest absolute Gasteiger partial charge is 0.481 e. The Hall–Kier alpha value is -1.92. The molecule has 1 saturated carbocycles. The van der Waals surface area contributed by atoms with Gasteiger partial charge in [0.05, 0.1) is 11.8 Å². The standard InChI is InChI=1S/C12H18N4O3/c1-16-7-14-10(15-16)5-6-13-11(17)8-3-2-4-9(8)12(18)19/h7-9H,2-6H2,1H3,(H,13,17)(H,18,19)/t8-,9+/m1/s1. The smallest absolute Gasteiger partial charge is 0.307 e. The van der Waals surface area contributed by atoms with E-state index in [1.54, 1.807) is 18.1 Å². The van der Waals surface area contributed by atoms with Gasteiger partial charge in [-0.1, -0.05) is 6.42 Å². The highest BCUT2D eigenvalue weighted by Gasteiger charge is 2.37. The lowest BCUT2D eigenvalue weighted by Crippen LogP contribution is -2.36. The van der Waals surface area contributed by atoms with E-state index in [9.17, 15) is 9.59 Å². The molecule has 0 aliphatic heterocycles. The summed E-state index contributed by atoms with van der Waals surface area (Å²) in [4.78, 5) is 27.0. The molecule has 0 aromatic carbocycles. The number of hydrogen-bond acceptors (Lipinski definition) is 4. The zero-order chi connectivity index (χ0) is 13.8. The van der Waals surface area contributed by atoms with Gasteiger partial charge in [0.1, 0.15) is 6.33 Å². The zero-order valence-corrected chi connectivity index (χ0v) is 10.9. The fourth-order valence-corrected chi connectivity index (χ4v) is 2.50. The Kier molecular flexibility index (Phi) is 4.13. The molecule has 0 spiro atoms. The van der Waals surface area contributed by atoms with Crippen LogP contribution in [0.5, 0.6) is 0 Å². The van der Waals surface area contributed by atoms with Gasteiger partial charge in [0.25, 0.3) is 0 Å². The van der Waals surface area contributed by atoms with Crippen molar-refractivity contribution in [2.75, 3.05) is 6.54 Å². The van der Waals surface area contributed by atoms with Crippen LogP contribution in [0.2, 0.25) is 0 Å². The van der Waals surface area contributed by atoms with Crippen molar-refractivity contribution < 1.29 is 14.7 Å². The normalized spacial score (nSPS) is 22.4. The first-order chi connectivity index (χ1) is 9.08. The van der Waals surface area contributed by atoms with Gasteiger partial charge in [0.2, 0.25) is 5.91 Å². The van der Waals surface area contributed by atoms with E-state index >= 15 is 0 Å². The topological polar surface area (TPSA) is 97.1 Å². The number of carboxylic acids is 1. The molecule has 2 rings (SSSR count). The number of carbonyl (C=O) groups excluding carboxylic acids is 1. The maximum atomic E-state index is 11.9. The summed E-state index contributed by atoms with van der Waals surface area (Å²) in [6.45, 7) is 0.436. The van der Waals surface area contributed by atoms with Gasteiger partial charge in [-0.3, -0.25) is 14.3 Å². The van der Waals surface area contributed by atoms with Gasteiger partial charge in [-0.25, -0.2) is 4.98 Å². The molecule has 19 heavy (non-hydrogen) atoms. The van der Waals surface area contributed by atoms with E-state index in [-0.39, 0.29) is 5.91 Å². The number of hydrogen-bond donors (Lipinski definition) is 2. The summed E-state index contributed by atoms with van der Waals surface area (Å²) in [6, 6.07) is 0. The molecular formula is C12H18N4O3. The SMILES string of the molecule is Cn1cnc(CCNC(=O)[C@@H]2CCC[C@@H]2C(=O)O)n1. The molecule has 2 N–H and O–H groups in total. The van der Waals surface area contributed by atoms with Gasteiger partial charge < -0.3 is 10.4 Å². The first-order valence-corrected chi connectivity index (χ1v) is 6.43. The van der Waals surface area contributed by atoms with Gasteiger partial charge in [-0.2, -0.15) is 5.10 Å². The molecule has 2 atom stereocenters. The first-order valence-electron chi connectivity index (χ1n) is 6.43. The monoisotopic (exact) mass is 266 g/mol. The average Bonchev–Trinajstić information content (AvgIpc) is 2.97. The number of aliphatic carboxylic acids is 1. The Bertz CT molecular complexity index is 471. The summed E-state index contributed by atoms with van der Waals surface area (Å²) in [5, 5.41) is 15.9. The van der Waals surface area contributed by atoms with Crippen molar-refractivity contribution in [3.8, 4) is 0 Å². The van der Waals surface area contributed by atoms with Crippen LogP contribution in [0, 0.1) is 11.8 Å². The molecule has 1 amide bonds. The van der Waals surface area contributed by atoms with E-state index in [2.05, 4.69) is 15.4 Å².